The molecule has 36 heavy (non-hydrogen) atoms. The Morgan fingerprint density at radius 1 is 1.06 bits per heavy atom. The van der Waals surface area contributed by atoms with Crippen LogP contribution in [0.25, 0.3) is 0 Å². The first-order valence-electron chi connectivity index (χ1n) is 12.5. The highest BCUT2D eigenvalue weighted by molar-refractivity contribution is 5.78. The lowest BCUT2D eigenvalue weighted by molar-refractivity contribution is -0.122. The molecule has 7 nitrogen and oxygen atoms in total. The molecule has 0 radical (unpaired) electrons. The van der Waals surface area contributed by atoms with E-state index in [1.165, 1.54) is 0 Å². The molecule has 2 heterocycles. The summed E-state index contributed by atoms with van der Waals surface area (Å²) in [5.41, 5.74) is 0.903. The fourth-order valence-electron chi connectivity index (χ4n) is 4.11. The molecule has 1 aliphatic heterocycles. The summed E-state index contributed by atoms with van der Waals surface area (Å²) < 4.78 is 18.1. The summed E-state index contributed by atoms with van der Waals surface area (Å²) in [5.74, 6) is 2.62. The zero-order chi connectivity index (χ0) is 25.2. The fraction of sp³-hybridized carbons (Fsp3) is 0.379. The van der Waals surface area contributed by atoms with Gasteiger partial charge in [-0.15, -0.1) is 0 Å². The Hall–Kier alpha value is -3.58. The minimum absolute atomic E-state index is 0.0189. The van der Waals surface area contributed by atoms with E-state index >= 15 is 0 Å². The molecule has 0 saturated heterocycles. The Morgan fingerprint density at radius 2 is 1.83 bits per heavy atom. The quantitative estimate of drug-likeness (QED) is 0.488. The number of hydrogen-bond donors (Lipinski definition) is 1. The summed E-state index contributed by atoms with van der Waals surface area (Å²) in [7, 11) is 0. The third kappa shape index (κ3) is 7.71. The van der Waals surface area contributed by atoms with Gasteiger partial charge in [0.1, 0.15) is 12.4 Å². The van der Waals surface area contributed by atoms with Crippen LogP contribution in [0.3, 0.4) is 0 Å². The summed E-state index contributed by atoms with van der Waals surface area (Å²) in [6, 6.07) is 21.2. The van der Waals surface area contributed by atoms with Gasteiger partial charge < -0.3 is 19.5 Å². The third-order valence-electron chi connectivity index (χ3n) is 6.05. The molecule has 0 atom stereocenters. The molecule has 3 aromatic rings. The van der Waals surface area contributed by atoms with E-state index in [1.807, 2.05) is 66.7 Å². The van der Waals surface area contributed by atoms with Gasteiger partial charge in [-0.05, 0) is 55.1 Å². The van der Waals surface area contributed by atoms with Gasteiger partial charge in [0.05, 0.1) is 19.7 Å². The molecule has 4 rings (SSSR count). The van der Waals surface area contributed by atoms with Crippen molar-refractivity contribution in [1.29, 1.82) is 0 Å². The highest BCUT2D eigenvalue weighted by Crippen LogP contribution is 2.34. The number of nitrogens with one attached hydrogen (secondary N) is 1. The molecule has 1 aromatic heterocycles. The highest BCUT2D eigenvalue weighted by Gasteiger charge is 2.23. The van der Waals surface area contributed by atoms with Crippen LogP contribution in [0.4, 0.5) is 0 Å². The molecular formula is C29H35N3O4. The molecule has 0 fully saturated rings. The van der Waals surface area contributed by atoms with Gasteiger partial charge in [0.2, 0.25) is 11.8 Å². The Kier molecular flexibility index (Phi) is 8.79. The number of hydrogen-bond acceptors (Lipinski definition) is 6. The Bertz CT molecular complexity index is 1120. The van der Waals surface area contributed by atoms with E-state index in [0.29, 0.717) is 43.7 Å². The van der Waals surface area contributed by atoms with E-state index in [1.54, 1.807) is 6.20 Å². The second kappa shape index (κ2) is 12.4. The lowest BCUT2D eigenvalue weighted by Crippen LogP contribution is -2.39. The molecule has 0 bridgehead atoms. The number of para-hydroxylation sites is 3. The molecule has 2 aromatic carbocycles. The second-order valence-electron chi connectivity index (χ2n) is 9.80. The van der Waals surface area contributed by atoms with Gasteiger partial charge in [-0.2, -0.15) is 0 Å². The van der Waals surface area contributed by atoms with Crippen molar-refractivity contribution in [3.05, 3.63) is 78.5 Å². The predicted octanol–water partition coefficient (Wildman–Crippen LogP) is 5.07. The average molecular weight is 490 g/mol. The van der Waals surface area contributed by atoms with Crippen LogP contribution in [0, 0.1) is 5.41 Å². The van der Waals surface area contributed by atoms with Crippen molar-refractivity contribution in [3.8, 4) is 23.1 Å². The first-order valence-corrected chi connectivity index (χ1v) is 12.5. The van der Waals surface area contributed by atoms with Crippen molar-refractivity contribution in [2.45, 2.75) is 33.2 Å². The number of amides is 1. The molecule has 0 aliphatic carbocycles. The van der Waals surface area contributed by atoms with Crippen LogP contribution in [0.2, 0.25) is 0 Å². The highest BCUT2D eigenvalue weighted by atomic mass is 16.5. The number of benzene rings is 2. The standard InChI is InChI=1S/C29H35N3O4/c1-29(2)15-9-18-32(21-27(33)30-17-19-34-24-11-4-3-5-12-24)20-23-10-8-16-31-28(23)36-26-14-7-6-13-25(26)35-22-29/h3-8,10-14,16H,9,15,17-22H2,1-2H3,(H,30,33). The van der Waals surface area contributed by atoms with Crippen LogP contribution in [-0.2, 0) is 11.3 Å². The molecule has 0 saturated carbocycles. The van der Waals surface area contributed by atoms with E-state index in [4.69, 9.17) is 14.2 Å². The van der Waals surface area contributed by atoms with E-state index in [2.05, 4.69) is 29.0 Å². The minimum Gasteiger partial charge on any atom is -0.492 e. The van der Waals surface area contributed by atoms with E-state index in [-0.39, 0.29) is 17.9 Å². The summed E-state index contributed by atoms with van der Waals surface area (Å²) in [6.45, 7) is 7.47. The summed E-state index contributed by atoms with van der Waals surface area (Å²) in [6.07, 6.45) is 3.63. The lowest BCUT2D eigenvalue weighted by Gasteiger charge is -2.27. The molecule has 1 amide bonds. The fourth-order valence-corrected chi connectivity index (χ4v) is 4.11. The van der Waals surface area contributed by atoms with Crippen molar-refractivity contribution in [3.63, 3.8) is 0 Å². The summed E-state index contributed by atoms with van der Waals surface area (Å²) in [5, 5.41) is 2.98. The van der Waals surface area contributed by atoms with E-state index < -0.39 is 0 Å². The molecule has 190 valence electrons. The van der Waals surface area contributed by atoms with Crippen LogP contribution >= 0.6 is 0 Å². The monoisotopic (exact) mass is 489 g/mol. The molecule has 1 aliphatic rings. The van der Waals surface area contributed by atoms with Gasteiger partial charge >= 0.3 is 0 Å². The minimum atomic E-state index is -0.0322. The van der Waals surface area contributed by atoms with Crippen molar-refractivity contribution < 1.29 is 19.0 Å². The zero-order valence-electron chi connectivity index (χ0n) is 21.1. The maximum Gasteiger partial charge on any atom is 0.234 e. The van der Waals surface area contributed by atoms with Crippen molar-refractivity contribution in [2.24, 2.45) is 5.41 Å². The number of pyridine rings is 1. The maximum absolute atomic E-state index is 12.8. The second-order valence-corrected chi connectivity index (χ2v) is 9.80. The first kappa shape index (κ1) is 25.5. The number of rotatable bonds is 6. The van der Waals surface area contributed by atoms with E-state index in [0.717, 1.165) is 30.7 Å². The topological polar surface area (TPSA) is 72.9 Å². The van der Waals surface area contributed by atoms with Gasteiger partial charge in [-0.3, -0.25) is 9.69 Å². The number of carbonyl (C=O) groups is 1. The summed E-state index contributed by atoms with van der Waals surface area (Å²) in [4.78, 5) is 19.4. The van der Waals surface area contributed by atoms with Gasteiger partial charge in [0, 0.05) is 18.3 Å². The number of carbonyl (C=O) groups excluding carboxylic acids is 1. The van der Waals surface area contributed by atoms with Crippen molar-refractivity contribution in [1.82, 2.24) is 15.2 Å². The molecule has 0 spiro atoms. The van der Waals surface area contributed by atoms with Crippen LogP contribution in [0.15, 0.2) is 72.9 Å². The molecular weight excluding hydrogens is 454 g/mol. The Balaban J connectivity index is 1.43. The SMILES string of the molecule is CC1(C)CCCN(CC(=O)NCCOc2ccccc2)Cc2cccnc2Oc2ccccc2OC1. The van der Waals surface area contributed by atoms with Crippen LogP contribution in [-0.4, -0.2) is 48.6 Å². The van der Waals surface area contributed by atoms with Crippen LogP contribution < -0.4 is 19.5 Å². The maximum atomic E-state index is 12.8. The van der Waals surface area contributed by atoms with Gasteiger partial charge in [-0.25, -0.2) is 4.98 Å². The number of aromatic nitrogens is 1. The van der Waals surface area contributed by atoms with Gasteiger partial charge in [0.15, 0.2) is 11.5 Å². The molecule has 1 N–H and O–H groups in total. The lowest BCUT2D eigenvalue weighted by atomic mass is 9.88. The molecule has 7 heteroatoms. The first-order chi connectivity index (χ1) is 17.5. The Labute approximate surface area is 213 Å². The third-order valence-corrected chi connectivity index (χ3v) is 6.05. The van der Waals surface area contributed by atoms with Crippen LogP contribution in [0.1, 0.15) is 32.3 Å². The molecule has 0 unspecified atom stereocenters. The average Bonchev–Trinajstić information content (AvgIpc) is 2.88. The van der Waals surface area contributed by atoms with Gasteiger partial charge in [0.25, 0.3) is 0 Å². The van der Waals surface area contributed by atoms with Gasteiger partial charge in [-0.1, -0.05) is 50.2 Å². The van der Waals surface area contributed by atoms with Crippen molar-refractivity contribution in [2.75, 3.05) is 32.8 Å². The number of ether oxygens (including phenoxy) is 3. The van der Waals surface area contributed by atoms with Crippen LogP contribution in [0.5, 0.6) is 23.1 Å². The van der Waals surface area contributed by atoms with Crippen molar-refractivity contribution >= 4 is 5.91 Å². The summed E-state index contributed by atoms with van der Waals surface area (Å²) >= 11 is 0. The largest absolute Gasteiger partial charge is 0.492 e. The van der Waals surface area contributed by atoms with E-state index in [9.17, 15) is 4.79 Å². The number of fused-ring (bicyclic) bond motifs is 2. The zero-order valence-corrected chi connectivity index (χ0v) is 21.1. The predicted molar refractivity (Wildman–Crippen MR) is 139 cm³/mol. The normalized spacial score (nSPS) is 15.9. The Morgan fingerprint density at radius 3 is 2.67 bits per heavy atom. The smallest absolute Gasteiger partial charge is 0.234 e. The number of nitrogens with zero attached hydrogens (tertiary/aromatic N) is 2.